The second-order valence-corrected chi connectivity index (χ2v) is 9.74. The van der Waals surface area contributed by atoms with E-state index < -0.39 is 10.0 Å². The van der Waals surface area contributed by atoms with E-state index in [1.54, 1.807) is 31.3 Å². The van der Waals surface area contributed by atoms with Gasteiger partial charge in [-0.15, -0.1) is 4.40 Å². The van der Waals surface area contributed by atoms with Crippen molar-refractivity contribution in [3.8, 4) is 0 Å². The molecule has 1 aromatic heterocycles. The number of carbonyl (C=O) groups is 1. The highest BCUT2D eigenvalue weighted by molar-refractivity contribution is 7.90. The van der Waals surface area contributed by atoms with Gasteiger partial charge >= 0.3 is 0 Å². The topological polar surface area (TPSA) is 91.7 Å². The molecular weight excluding hydrogens is 408 g/mol. The molecule has 0 bridgehead atoms. The molecule has 0 unspecified atom stereocenters. The Hall–Kier alpha value is -2.78. The minimum absolute atomic E-state index is 0.0499. The Labute approximate surface area is 173 Å². The van der Waals surface area contributed by atoms with Gasteiger partial charge in [-0.05, 0) is 60.8 Å². The predicted octanol–water partition coefficient (Wildman–Crippen LogP) is 4.13. The standard InChI is InChI=1S/C20H20N4O3S2/c1-12(2)11-24-13(3)23-29(26,27)19-9-14(4-6-17(19)24)20(25)22-16-5-7-18-15(8-16)10-21-28-18/h4-10,12H,11H2,1-3H3,(H,22,25). The maximum atomic E-state index is 12.7. The molecule has 9 heteroatoms. The van der Waals surface area contributed by atoms with Gasteiger partial charge in [0.05, 0.1) is 10.4 Å². The van der Waals surface area contributed by atoms with E-state index in [0.29, 0.717) is 29.7 Å². The van der Waals surface area contributed by atoms with Gasteiger partial charge in [-0.1, -0.05) is 13.8 Å². The first-order valence-corrected chi connectivity index (χ1v) is 11.3. The van der Waals surface area contributed by atoms with Gasteiger partial charge in [0.2, 0.25) is 0 Å². The molecule has 1 aliphatic heterocycles. The second kappa shape index (κ2) is 7.23. The fraction of sp³-hybridized carbons (Fsp3) is 0.250. The van der Waals surface area contributed by atoms with E-state index in [1.165, 1.54) is 17.6 Å². The van der Waals surface area contributed by atoms with Crippen LogP contribution in [0.15, 0.2) is 51.9 Å². The molecule has 1 amide bonds. The number of hydrogen-bond donors (Lipinski definition) is 1. The van der Waals surface area contributed by atoms with Gasteiger partial charge in [-0.2, -0.15) is 12.8 Å². The van der Waals surface area contributed by atoms with Crippen LogP contribution in [0.2, 0.25) is 0 Å². The van der Waals surface area contributed by atoms with Gasteiger partial charge in [0.15, 0.2) is 0 Å². The Bertz CT molecular complexity index is 1250. The number of anilines is 2. The van der Waals surface area contributed by atoms with E-state index in [-0.39, 0.29) is 16.4 Å². The quantitative estimate of drug-likeness (QED) is 0.675. The minimum Gasteiger partial charge on any atom is -0.328 e. The number of nitrogens with one attached hydrogen (secondary N) is 1. The van der Waals surface area contributed by atoms with Gasteiger partial charge in [0.1, 0.15) is 10.7 Å². The number of benzene rings is 2. The van der Waals surface area contributed by atoms with Crippen LogP contribution in [0.1, 0.15) is 31.1 Å². The van der Waals surface area contributed by atoms with Crippen molar-refractivity contribution in [2.75, 3.05) is 16.8 Å². The first-order valence-electron chi connectivity index (χ1n) is 9.13. The van der Waals surface area contributed by atoms with Crippen molar-refractivity contribution in [1.29, 1.82) is 0 Å². The van der Waals surface area contributed by atoms with Crippen LogP contribution in [0.4, 0.5) is 11.4 Å². The third-order valence-electron chi connectivity index (χ3n) is 4.59. The number of aromatic nitrogens is 1. The molecule has 0 radical (unpaired) electrons. The predicted molar refractivity (Wildman–Crippen MR) is 116 cm³/mol. The minimum atomic E-state index is -3.85. The van der Waals surface area contributed by atoms with Crippen molar-refractivity contribution in [2.45, 2.75) is 25.7 Å². The molecule has 0 saturated carbocycles. The van der Waals surface area contributed by atoms with Gasteiger partial charge in [-0.25, -0.2) is 0 Å². The molecule has 0 saturated heterocycles. The van der Waals surface area contributed by atoms with Crippen molar-refractivity contribution in [3.05, 3.63) is 48.2 Å². The van der Waals surface area contributed by atoms with Gasteiger partial charge in [-0.3, -0.25) is 4.79 Å². The fourth-order valence-electron chi connectivity index (χ4n) is 3.28. The zero-order chi connectivity index (χ0) is 20.8. The van der Waals surface area contributed by atoms with Crippen LogP contribution >= 0.6 is 11.5 Å². The highest BCUT2D eigenvalue weighted by Gasteiger charge is 2.30. The zero-order valence-corrected chi connectivity index (χ0v) is 17.8. The normalized spacial score (nSPS) is 15.3. The van der Waals surface area contributed by atoms with Crippen molar-refractivity contribution >= 4 is 54.8 Å². The molecule has 29 heavy (non-hydrogen) atoms. The van der Waals surface area contributed by atoms with E-state index in [1.807, 2.05) is 17.0 Å². The van der Waals surface area contributed by atoms with Crippen molar-refractivity contribution in [3.63, 3.8) is 0 Å². The van der Waals surface area contributed by atoms with Gasteiger partial charge in [0.25, 0.3) is 15.9 Å². The fourth-order valence-corrected chi connectivity index (χ4v) is 5.17. The molecule has 2 heterocycles. The maximum absolute atomic E-state index is 12.7. The number of hydrogen-bond acceptors (Lipinski definition) is 6. The number of sulfonamides is 1. The second-order valence-electron chi connectivity index (χ2n) is 7.33. The third-order valence-corrected chi connectivity index (χ3v) is 6.76. The van der Waals surface area contributed by atoms with Crippen LogP contribution in [0.25, 0.3) is 10.1 Å². The zero-order valence-electron chi connectivity index (χ0n) is 16.2. The largest absolute Gasteiger partial charge is 0.328 e. The third kappa shape index (κ3) is 3.75. The molecule has 4 rings (SSSR count). The smallest absolute Gasteiger partial charge is 0.286 e. The summed E-state index contributed by atoms with van der Waals surface area (Å²) in [6.45, 7) is 6.42. The molecule has 0 atom stereocenters. The van der Waals surface area contributed by atoms with E-state index >= 15 is 0 Å². The summed E-state index contributed by atoms with van der Waals surface area (Å²) in [5.41, 5.74) is 1.43. The summed E-state index contributed by atoms with van der Waals surface area (Å²) in [7, 11) is -3.85. The maximum Gasteiger partial charge on any atom is 0.286 e. The highest BCUT2D eigenvalue weighted by atomic mass is 32.2. The van der Waals surface area contributed by atoms with Crippen LogP contribution < -0.4 is 10.2 Å². The lowest BCUT2D eigenvalue weighted by Crippen LogP contribution is -2.36. The van der Waals surface area contributed by atoms with Crippen LogP contribution in [0.5, 0.6) is 0 Å². The Morgan fingerprint density at radius 1 is 1.21 bits per heavy atom. The van der Waals surface area contributed by atoms with E-state index in [2.05, 4.69) is 27.9 Å². The Balaban J connectivity index is 1.67. The average Bonchev–Trinajstić information content (AvgIpc) is 3.12. The molecule has 1 N–H and O–H groups in total. The summed E-state index contributed by atoms with van der Waals surface area (Å²) in [6, 6.07) is 10.2. The Morgan fingerprint density at radius 3 is 2.76 bits per heavy atom. The van der Waals surface area contributed by atoms with Gasteiger partial charge < -0.3 is 10.2 Å². The summed E-state index contributed by atoms with van der Waals surface area (Å²) in [5.74, 6) is 0.367. The lowest BCUT2D eigenvalue weighted by atomic mass is 10.1. The van der Waals surface area contributed by atoms with Crippen LogP contribution in [-0.4, -0.2) is 31.1 Å². The van der Waals surface area contributed by atoms with E-state index in [0.717, 1.165) is 10.1 Å². The van der Waals surface area contributed by atoms with Crippen molar-refractivity contribution in [1.82, 2.24) is 4.37 Å². The number of amides is 1. The molecule has 7 nitrogen and oxygen atoms in total. The summed E-state index contributed by atoms with van der Waals surface area (Å²) in [6.07, 6.45) is 1.74. The highest BCUT2D eigenvalue weighted by Crippen LogP contribution is 2.33. The number of carbonyl (C=O) groups excluding carboxylic acids is 1. The van der Waals surface area contributed by atoms with Crippen LogP contribution in [-0.2, 0) is 10.0 Å². The number of fused-ring (bicyclic) bond motifs is 2. The molecule has 0 spiro atoms. The van der Waals surface area contributed by atoms with Gasteiger partial charge in [0, 0.05) is 29.4 Å². The van der Waals surface area contributed by atoms with E-state index in [9.17, 15) is 13.2 Å². The van der Waals surface area contributed by atoms with Crippen LogP contribution in [0.3, 0.4) is 0 Å². The average molecular weight is 429 g/mol. The van der Waals surface area contributed by atoms with Crippen molar-refractivity contribution < 1.29 is 13.2 Å². The molecule has 3 aromatic rings. The summed E-state index contributed by atoms with van der Waals surface area (Å²) >= 11 is 1.38. The molecule has 1 aliphatic rings. The van der Waals surface area contributed by atoms with E-state index in [4.69, 9.17) is 0 Å². The van der Waals surface area contributed by atoms with Crippen molar-refractivity contribution in [2.24, 2.45) is 10.3 Å². The number of amidine groups is 1. The molecule has 0 aliphatic carbocycles. The summed E-state index contributed by atoms with van der Waals surface area (Å²) in [4.78, 5) is 14.7. The lowest BCUT2D eigenvalue weighted by molar-refractivity contribution is 0.102. The Kier molecular flexibility index (Phi) is 4.87. The first kappa shape index (κ1) is 19.5. The Morgan fingerprint density at radius 2 is 2.00 bits per heavy atom. The molecular formula is C20H20N4O3S2. The summed E-state index contributed by atoms with van der Waals surface area (Å²) in [5, 5.41) is 3.76. The monoisotopic (exact) mass is 428 g/mol. The molecule has 0 fully saturated rings. The number of nitrogens with zero attached hydrogens (tertiary/aromatic N) is 3. The molecule has 150 valence electrons. The first-order chi connectivity index (χ1) is 13.7. The van der Waals surface area contributed by atoms with Crippen LogP contribution in [0, 0.1) is 5.92 Å². The SMILES string of the molecule is CC1=NS(=O)(=O)c2cc(C(=O)Nc3ccc4sncc4c3)ccc2N1CC(C)C. The number of rotatable bonds is 4. The molecule has 2 aromatic carbocycles. The lowest BCUT2D eigenvalue weighted by Gasteiger charge is -2.30. The summed E-state index contributed by atoms with van der Waals surface area (Å²) < 4.78 is 34.3.